The number of ether oxygens (including phenoxy) is 3. The summed E-state index contributed by atoms with van der Waals surface area (Å²) in [5.41, 5.74) is 3.61. The summed E-state index contributed by atoms with van der Waals surface area (Å²) in [5, 5.41) is 8.25. The lowest BCUT2D eigenvalue weighted by molar-refractivity contribution is -0.0367. The zero-order valence-electron chi connectivity index (χ0n) is 18.8. The van der Waals surface area contributed by atoms with E-state index in [1.54, 1.807) is 41.3 Å². The molecule has 35 heavy (non-hydrogen) atoms. The lowest BCUT2D eigenvalue weighted by Crippen LogP contribution is -2.20. The number of anilines is 1. The zero-order chi connectivity index (χ0) is 23.8. The zero-order valence-corrected chi connectivity index (χ0v) is 18.8. The van der Waals surface area contributed by atoms with Crippen molar-refractivity contribution >= 4 is 28.8 Å². The summed E-state index contributed by atoms with van der Waals surface area (Å²) in [7, 11) is 0. The molecule has 0 saturated carbocycles. The fraction of sp³-hybridized carbons (Fsp3) is 0.231. The Hall–Kier alpha value is -4.24. The Morgan fingerprint density at radius 1 is 1.06 bits per heavy atom. The molecule has 1 amide bonds. The van der Waals surface area contributed by atoms with Crippen LogP contribution in [0.4, 0.5) is 5.69 Å². The van der Waals surface area contributed by atoms with Gasteiger partial charge in [-0.3, -0.25) is 14.6 Å². The highest BCUT2D eigenvalue weighted by atomic mass is 16.7. The van der Waals surface area contributed by atoms with Crippen LogP contribution in [-0.2, 0) is 4.74 Å². The summed E-state index contributed by atoms with van der Waals surface area (Å²) in [6, 6.07) is 12.6. The number of carbonyl (C=O) groups excluding carboxylic acids is 2. The van der Waals surface area contributed by atoms with Gasteiger partial charge < -0.3 is 19.5 Å². The van der Waals surface area contributed by atoms with Gasteiger partial charge in [-0.25, -0.2) is 4.68 Å². The maximum atomic E-state index is 13.3. The maximum Gasteiger partial charge on any atom is 0.276 e. The fourth-order valence-corrected chi connectivity index (χ4v) is 4.54. The Morgan fingerprint density at radius 2 is 1.89 bits per heavy atom. The van der Waals surface area contributed by atoms with Gasteiger partial charge >= 0.3 is 0 Å². The molecule has 0 radical (unpaired) electrons. The van der Waals surface area contributed by atoms with Crippen LogP contribution < -0.4 is 14.8 Å². The first-order valence-corrected chi connectivity index (χ1v) is 11.5. The summed E-state index contributed by atoms with van der Waals surface area (Å²) in [5.74, 6) is 0.776. The molecule has 2 aromatic carbocycles. The van der Waals surface area contributed by atoms with Crippen LogP contribution >= 0.6 is 0 Å². The van der Waals surface area contributed by atoms with E-state index in [9.17, 15) is 9.59 Å². The van der Waals surface area contributed by atoms with Crippen LogP contribution in [0.15, 0.2) is 54.9 Å². The number of hydrogen-bond donors (Lipinski definition) is 1. The Labute approximate surface area is 200 Å². The first-order valence-electron chi connectivity index (χ1n) is 11.5. The number of nitrogens with one attached hydrogen (secondary N) is 1. The van der Waals surface area contributed by atoms with Crippen LogP contribution in [0.5, 0.6) is 11.5 Å². The smallest absolute Gasteiger partial charge is 0.276 e. The minimum Gasteiger partial charge on any atom is -0.454 e. The summed E-state index contributed by atoms with van der Waals surface area (Å²) in [4.78, 5) is 29.2. The second kappa shape index (κ2) is 8.84. The van der Waals surface area contributed by atoms with Gasteiger partial charge in [0.25, 0.3) is 5.91 Å². The molecule has 1 N–H and O–H groups in total. The standard InChI is InChI=1S/C26H22N4O5/c31-14-17-12-22-23(35-15-34-22)13-19(17)16-4-5-21-20(11-16)25(26(32)28-18-6-8-27-9-7-18)29-30(21)24-3-1-2-10-33-24/h4-9,11-14,24H,1-3,10,15H2,(H,27,28,32). The molecule has 4 heterocycles. The summed E-state index contributed by atoms with van der Waals surface area (Å²) < 4.78 is 18.7. The number of fused-ring (bicyclic) bond motifs is 2. The monoisotopic (exact) mass is 470 g/mol. The molecule has 0 spiro atoms. The van der Waals surface area contributed by atoms with Gasteiger partial charge in [0.05, 0.1) is 5.52 Å². The van der Waals surface area contributed by atoms with E-state index < -0.39 is 0 Å². The lowest BCUT2D eigenvalue weighted by atomic mass is 9.97. The Kier molecular flexibility index (Phi) is 5.38. The van der Waals surface area contributed by atoms with Crippen LogP contribution in [0.25, 0.3) is 22.0 Å². The molecule has 2 aliphatic rings. The molecule has 1 unspecified atom stereocenters. The van der Waals surface area contributed by atoms with E-state index in [1.807, 2.05) is 18.2 Å². The molecule has 0 aliphatic carbocycles. The van der Waals surface area contributed by atoms with E-state index in [-0.39, 0.29) is 24.6 Å². The molecule has 2 aliphatic heterocycles. The lowest BCUT2D eigenvalue weighted by Gasteiger charge is -2.23. The largest absolute Gasteiger partial charge is 0.454 e. The molecular formula is C26H22N4O5. The highest BCUT2D eigenvalue weighted by molar-refractivity contribution is 6.12. The number of amides is 1. The minimum atomic E-state index is -0.339. The van der Waals surface area contributed by atoms with E-state index in [1.165, 1.54) is 0 Å². The summed E-state index contributed by atoms with van der Waals surface area (Å²) in [6.07, 6.45) is 6.63. The van der Waals surface area contributed by atoms with Crippen molar-refractivity contribution in [3.63, 3.8) is 0 Å². The van der Waals surface area contributed by atoms with Gasteiger partial charge in [0.1, 0.15) is 0 Å². The van der Waals surface area contributed by atoms with E-state index in [2.05, 4.69) is 10.3 Å². The van der Waals surface area contributed by atoms with Gasteiger partial charge in [-0.05, 0) is 66.8 Å². The first-order chi connectivity index (χ1) is 17.2. The number of benzene rings is 2. The molecule has 9 nitrogen and oxygen atoms in total. The van der Waals surface area contributed by atoms with Crippen LogP contribution in [0.3, 0.4) is 0 Å². The number of aromatic nitrogens is 3. The molecule has 4 aromatic rings. The SMILES string of the molecule is O=Cc1cc2c(cc1-c1ccc3c(c1)c(C(=O)Nc1ccncc1)nn3C1CCCCO1)OCO2. The molecule has 9 heteroatoms. The number of rotatable bonds is 5. The molecule has 1 fully saturated rings. The third-order valence-electron chi connectivity index (χ3n) is 6.27. The van der Waals surface area contributed by atoms with Gasteiger partial charge in [0.2, 0.25) is 6.79 Å². The van der Waals surface area contributed by atoms with Crippen molar-refractivity contribution in [2.45, 2.75) is 25.5 Å². The predicted molar refractivity (Wildman–Crippen MR) is 128 cm³/mol. The van der Waals surface area contributed by atoms with Crippen molar-refractivity contribution < 1.29 is 23.8 Å². The Morgan fingerprint density at radius 3 is 2.66 bits per heavy atom. The molecule has 0 bridgehead atoms. The molecule has 1 atom stereocenters. The Bertz CT molecular complexity index is 1430. The normalized spacial score (nSPS) is 16.9. The summed E-state index contributed by atoms with van der Waals surface area (Å²) >= 11 is 0. The molecule has 6 rings (SSSR count). The van der Waals surface area contributed by atoms with E-state index >= 15 is 0 Å². The third-order valence-corrected chi connectivity index (χ3v) is 6.27. The van der Waals surface area contributed by atoms with Crippen LogP contribution in [0, 0.1) is 0 Å². The number of nitrogens with zero attached hydrogens (tertiary/aromatic N) is 3. The summed E-state index contributed by atoms with van der Waals surface area (Å²) in [6.45, 7) is 0.770. The Balaban J connectivity index is 1.48. The average Bonchev–Trinajstić information content (AvgIpc) is 3.53. The number of hydrogen-bond acceptors (Lipinski definition) is 7. The average molecular weight is 470 g/mol. The van der Waals surface area contributed by atoms with Crippen molar-refractivity contribution in [3.05, 3.63) is 66.1 Å². The van der Waals surface area contributed by atoms with Crippen molar-refractivity contribution in [2.75, 3.05) is 18.7 Å². The van der Waals surface area contributed by atoms with Gasteiger partial charge in [-0.1, -0.05) is 6.07 Å². The van der Waals surface area contributed by atoms with E-state index in [0.29, 0.717) is 40.3 Å². The quantitative estimate of drug-likeness (QED) is 0.425. The number of carbonyl (C=O) groups is 2. The topological polar surface area (TPSA) is 105 Å². The van der Waals surface area contributed by atoms with Crippen molar-refractivity contribution in [2.24, 2.45) is 0 Å². The van der Waals surface area contributed by atoms with Crippen molar-refractivity contribution in [1.29, 1.82) is 0 Å². The second-order valence-electron chi connectivity index (χ2n) is 8.45. The predicted octanol–water partition coefficient (Wildman–Crippen LogP) is 4.59. The van der Waals surface area contributed by atoms with Gasteiger partial charge in [-0.15, -0.1) is 0 Å². The third kappa shape index (κ3) is 3.89. The van der Waals surface area contributed by atoms with Crippen LogP contribution in [-0.4, -0.2) is 40.4 Å². The van der Waals surface area contributed by atoms with Gasteiger partial charge in [-0.2, -0.15) is 5.10 Å². The molecule has 1 saturated heterocycles. The molecule has 176 valence electrons. The highest BCUT2D eigenvalue weighted by Gasteiger charge is 2.25. The van der Waals surface area contributed by atoms with Gasteiger partial charge in [0, 0.05) is 35.6 Å². The highest BCUT2D eigenvalue weighted by Crippen LogP contribution is 2.39. The molecule has 2 aromatic heterocycles. The van der Waals surface area contributed by atoms with Crippen molar-refractivity contribution in [3.8, 4) is 22.6 Å². The van der Waals surface area contributed by atoms with Crippen LogP contribution in [0.2, 0.25) is 0 Å². The van der Waals surface area contributed by atoms with Gasteiger partial charge in [0.15, 0.2) is 29.7 Å². The minimum absolute atomic E-state index is 0.115. The second-order valence-corrected chi connectivity index (χ2v) is 8.45. The van der Waals surface area contributed by atoms with E-state index in [4.69, 9.17) is 19.3 Å². The molecular weight excluding hydrogens is 448 g/mol. The fourth-order valence-electron chi connectivity index (χ4n) is 4.54. The van der Waals surface area contributed by atoms with E-state index in [0.717, 1.165) is 36.6 Å². The maximum absolute atomic E-state index is 13.3. The van der Waals surface area contributed by atoms with Crippen LogP contribution in [0.1, 0.15) is 46.3 Å². The number of aldehydes is 1. The first kappa shape index (κ1) is 21.3. The number of pyridine rings is 1. The van der Waals surface area contributed by atoms with Crippen molar-refractivity contribution in [1.82, 2.24) is 14.8 Å².